The Labute approximate surface area is 172 Å². The minimum Gasteiger partial charge on any atom is -0.497 e. The number of methoxy groups -OCH3 is 2. The van der Waals surface area contributed by atoms with Crippen LogP contribution in [0.15, 0.2) is 48.5 Å². The zero-order valence-electron chi connectivity index (χ0n) is 16.8. The van der Waals surface area contributed by atoms with Gasteiger partial charge in [-0.1, -0.05) is 24.3 Å². The first-order valence-electron chi connectivity index (χ1n) is 9.65. The van der Waals surface area contributed by atoms with Crippen molar-refractivity contribution >= 4 is 15.7 Å². The Morgan fingerprint density at radius 2 is 1.62 bits per heavy atom. The van der Waals surface area contributed by atoms with Gasteiger partial charge in [0, 0.05) is 6.42 Å². The smallest absolute Gasteiger partial charge is 0.220 e. The molecule has 1 saturated heterocycles. The van der Waals surface area contributed by atoms with E-state index in [1.54, 1.807) is 14.2 Å². The monoisotopic (exact) mass is 417 g/mol. The lowest BCUT2D eigenvalue weighted by atomic mass is 9.97. The van der Waals surface area contributed by atoms with Gasteiger partial charge < -0.3 is 14.8 Å². The number of ether oxygens (including phenoxy) is 2. The van der Waals surface area contributed by atoms with E-state index in [1.165, 1.54) is 0 Å². The molecule has 2 aromatic rings. The number of rotatable bonds is 8. The normalized spacial score (nSPS) is 18.8. The molecule has 2 aromatic carbocycles. The third-order valence-corrected chi connectivity index (χ3v) is 7.09. The van der Waals surface area contributed by atoms with E-state index in [4.69, 9.17) is 9.47 Å². The lowest BCUT2D eigenvalue weighted by molar-refractivity contribution is -0.122. The summed E-state index contributed by atoms with van der Waals surface area (Å²) in [5.74, 6) is 1.59. The number of nitrogens with one attached hydrogen (secondary N) is 1. The van der Waals surface area contributed by atoms with Gasteiger partial charge in [0.1, 0.15) is 11.5 Å². The van der Waals surface area contributed by atoms with Crippen molar-refractivity contribution in [2.75, 3.05) is 25.7 Å². The number of amides is 1. The first kappa shape index (κ1) is 21.2. The van der Waals surface area contributed by atoms with Gasteiger partial charge in [0.25, 0.3) is 0 Å². The molecule has 1 amide bonds. The van der Waals surface area contributed by atoms with E-state index in [1.807, 2.05) is 48.5 Å². The Morgan fingerprint density at radius 1 is 1.03 bits per heavy atom. The average molecular weight is 418 g/mol. The van der Waals surface area contributed by atoms with E-state index in [2.05, 4.69) is 5.32 Å². The minimum absolute atomic E-state index is 0.0995. The summed E-state index contributed by atoms with van der Waals surface area (Å²) in [5.41, 5.74) is 2.03. The molecule has 1 N–H and O–H groups in total. The second-order valence-corrected chi connectivity index (χ2v) is 9.65. The van der Waals surface area contributed by atoms with E-state index >= 15 is 0 Å². The highest BCUT2D eigenvalue weighted by atomic mass is 32.2. The maximum Gasteiger partial charge on any atom is 0.220 e. The van der Waals surface area contributed by atoms with Crippen molar-refractivity contribution in [3.63, 3.8) is 0 Å². The van der Waals surface area contributed by atoms with Crippen molar-refractivity contribution in [2.24, 2.45) is 5.92 Å². The van der Waals surface area contributed by atoms with Gasteiger partial charge >= 0.3 is 0 Å². The molecule has 0 radical (unpaired) electrons. The van der Waals surface area contributed by atoms with Crippen molar-refractivity contribution in [1.29, 1.82) is 0 Å². The van der Waals surface area contributed by atoms with Gasteiger partial charge in [-0.05, 0) is 54.2 Å². The van der Waals surface area contributed by atoms with Gasteiger partial charge in [-0.15, -0.1) is 0 Å². The van der Waals surface area contributed by atoms with Crippen molar-refractivity contribution in [2.45, 2.75) is 25.3 Å². The zero-order chi connectivity index (χ0) is 20.9. The SMILES string of the molecule is COc1ccc(C[C@H](NC(=O)C[C@@H]2CCS(=O)(=O)C2)c2ccc(OC)cc2)cc1. The Bertz CT molecular complexity index is 923. The molecular weight excluding hydrogens is 390 g/mol. The fourth-order valence-electron chi connectivity index (χ4n) is 3.63. The summed E-state index contributed by atoms with van der Waals surface area (Å²) in [6, 6.07) is 15.1. The Hall–Kier alpha value is -2.54. The molecule has 156 valence electrons. The molecule has 0 aromatic heterocycles. The van der Waals surface area contributed by atoms with Gasteiger partial charge in [0.2, 0.25) is 5.91 Å². The maximum absolute atomic E-state index is 12.7. The summed E-state index contributed by atoms with van der Waals surface area (Å²) >= 11 is 0. The fraction of sp³-hybridized carbons (Fsp3) is 0.409. The van der Waals surface area contributed by atoms with Crippen molar-refractivity contribution in [3.05, 3.63) is 59.7 Å². The fourth-order valence-corrected chi connectivity index (χ4v) is 5.50. The van der Waals surface area contributed by atoms with E-state index in [0.29, 0.717) is 12.8 Å². The number of benzene rings is 2. The van der Waals surface area contributed by atoms with Crippen LogP contribution in [0, 0.1) is 5.92 Å². The lowest BCUT2D eigenvalue weighted by Gasteiger charge is -2.21. The van der Waals surface area contributed by atoms with Crippen LogP contribution in [-0.2, 0) is 21.1 Å². The largest absolute Gasteiger partial charge is 0.497 e. The molecule has 1 heterocycles. The van der Waals surface area contributed by atoms with Crippen LogP contribution in [0.5, 0.6) is 11.5 Å². The standard InChI is InChI=1S/C22H27NO5S/c1-27-19-7-3-16(4-8-19)13-21(18-5-9-20(28-2)10-6-18)23-22(24)14-17-11-12-29(25,26)15-17/h3-10,17,21H,11-15H2,1-2H3,(H,23,24)/t17-,21-/m0/s1. The molecule has 0 unspecified atom stereocenters. The molecule has 1 aliphatic rings. The summed E-state index contributed by atoms with van der Waals surface area (Å²) < 4.78 is 33.8. The highest BCUT2D eigenvalue weighted by molar-refractivity contribution is 7.91. The highest BCUT2D eigenvalue weighted by Gasteiger charge is 2.30. The summed E-state index contributed by atoms with van der Waals surface area (Å²) in [6.45, 7) is 0. The number of carbonyl (C=O) groups is 1. The molecule has 0 spiro atoms. The molecule has 0 bridgehead atoms. The van der Waals surface area contributed by atoms with Crippen LogP contribution in [0.3, 0.4) is 0 Å². The van der Waals surface area contributed by atoms with Gasteiger partial charge in [0.05, 0.1) is 31.8 Å². The van der Waals surface area contributed by atoms with E-state index in [-0.39, 0.29) is 35.8 Å². The average Bonchev–Trinajstić information content (AvgIpc) is 3.06. The van der Waals surface area contributed by atoms with E-state index in [0.717, 1.165) is 22.6 Å². The third kappa shape index (κ3) is 5.97. The third-order valence-electron chi connectivity index (χ3n) is 5.25. The van der Waals surface area contributed by atoms with Crippen molar-refractivity contribution < 1.29 is 22.7 Å². The van der Waals surface area contributed by atoms with Gasteiger partial charge in [-0.25, -0.2) is 8.42 Å². The summed E-state index contributed by atoms with van der Waals surface area (Å²) in [4.78, 5) is 12.7. The Morgan fingerprint density at radius 3 is 2.14 bits per heavy atom. The first-order valence-corrected chi connectivity index (χ1v) is 11.5. The van der Waals surface area contributed by atoms with Crippen LogP contribution >= 0.6 is 0 Å². The number of hydrogen-bond donors (Lipinski definition) is 1. The molecule has 0 saturated carbocycles. The van der Waals surface area contributed by atoms with Crippen LogP contribution in [0.4, 0.5) is 0 Å². The topological polar surface area (TPSA) is 81.7 Å². The van der Waals surface area contributed by atoms with Crippen molar-refractivity contribution in [3.8, 4) is 11.5 Å². The Balaban J connectivity index is 1.73. The van der Waals surface area contributed by atoms with Gasteiger partial charge in [0.15, 0.2) is 9.84 Å². The van der Waals surface area contributed by atoms with Crippen LogP contribution < -0.4 is 14.8 Å². The van der Waals surface area contributed by atoms with Gasteiger partial charge in [-0.2, -0.15) is 0 Å². The van der Waals surface area contributed by atoms with E-state index in [9.17, 15) is 13.2 Å². The summed E-state index contributed by atoms with van der Waals surface area (Å²) in [6.07, 6.45) is 1.40. The predicted octanol–water partition coefficient (Wildman–Crippen LogP) is 2.93. The molecule has 7 heteroatoms. The molecule has 1 aliphatic heterocycles. The molecule has 1 fully saturated rings. The number of carbonyl (C=O) groups excluding carboxylic acids is 1. The van der Waals surface area contributed by atoms with Gasteiger partial charge in [-0.3, -0.25) is 4.79 Å². The molecule has 0 aliphatic carbocycles. The number of hydrogen-bond acceptors (Lipinski definition) is 5. The molecule has 29 heavy (non-hydrogen) atoms. The van der Waals surface area contributed by atoms with Crippen LogP contribution in [-0.4, -0.2) is 40.1 Å². The molecule has 6 nitrogen and oxygen atoms in total. The predicted molar refractivity (Wildman–Crippen MR) is 112 cm³/mol. The second kappa shape index (κ2) is 9.31. The lowest BCUT2D eigenvalue weighted by Crippen LogP contribution is -2.31. The maximum atomic E-state index is 12.7. The van der Waals surface area contributed by atoms with Crippen molar-refractivity contribution in [1.82, 2.24) is 5.32 Å². The summed E-state index contributed by atoms with van der Waals surface area (Å²) in [7, 11) is 0.246. The second-order valence-electron chi connectivity index (χ2n) is 7.42. The minimum atomic E-state index is -2.99. The quantitative estimate of drug-likeness (QED) is 0.714. The first-order chi connectivity index (χ1) is 13.9. The zero-order valence-corrected chi connectivity index (χ0v) is 17.6. The van der Waals surface area contributed by atoms with Crippen LogP contribution in [0.1, 0.15) is 30.0 Å². The molecular formula is C22H27NO5S. The highest BCUT2D eigenvalue weighted by Crippen LogP contribution is 2.25. The van der Waals surface area contributed by atoms with Crippen LogP contribution in [0.25, 0.3) is 0 Å². The van der Waals surface area contributed by atoms with E-state index < -0.39 is 9.84 Å². The molecule has 3 rings (SSSR count). The summed E-state index contributed by atoms with van der Waals surface area (Å²) in [5, 5.41) is 3.10. The van der Waals surface area contributed by atoms with Crippen LogP contribution in [0.2, 0.25) is 0 Å². The Kier molecular flexibility index (Phi) is 6.79. The molecule has 2 atom stereocenters. The number of sulfone groups is 1.